The van der Waals surface area contributed by atoms with Crippen molar-refractivity contribution in [2.24, 2.45) is 18.9 Å². The minimum atomic E-state index is -0.0135. The van der Waals surface area contributed by atoms with Crippen LogP contribution >= 0.6 is 12.4 Å². The molecular weight excluding hydrogens is 372 g/mol. The molecule has 1 saturated carbocycles. The molecule has 2 heterocycles. The number of amides is 1. The molecule has 28 heavy (non-hydrogen) atoms. The minimum absolute atomic E-state index is 0. The number of hydrogen-bond donors (Lipinski definition) is 1. The van der Waals surface area contributed by atoms with E-state index in [1.807, 2.05) is 24.0 Å². The van der Waals surface area contributed by atoms with Crippen LogP contribution in [0.15, 0.2) is 42.7 Å². The van der Waals surface area contributed by atoms with Crippen molar-refractivity contribution >= 4 is 18.3 Å². The van der Waals surface area contributed by atoms with Crippen molar-refractivity contribution < 1.29 is 4.79 Å². The highest BCUT2D eigenvalue weighted by Gasteiger charge is 2.39. The van der Waals surface area contributed by atoms with Crippen molar-refractivity contribution in [3.63, 3.8) is 0 Å². The number of nitrogens with zero attached hydrogens (tertiary/aromatic N) is 3. The van der Waals surface area contributed by atoms with E-state index >= 15 is 0 Å². The highest BCUT2D eigenvalue weighted by atomic mass is 35.5. The van der Waals surface area contributed by atoms with Crippen molar-refractivity contribution in [3.05, 3.63) is 53.9 Å². The molecule has 2 aromatic rings. The Kier molecular flexibility index (Phi) is 6.78. The van der Waals surface area contributed by atoms with Crippen LogP contribution in [-0.4, -0.2) is 40.2 Å². The number of nitrogens with one attached hydrogen (secondary N) is 1. The lowest BCUT2D eigenvalue weighted by Gasteiger charge is -2.38. The second-order valence-electron chi connectivity index (χ2n) is 8.19. The Morgan fingerprint density at radius 3 is 2.64 bits per heavy atom. The zero-order valence-electron chi connectivity index (χ0n) is 16.8. The molecule has 6 heteroatoms. The second kappa shape index (κ2) is 9.10. The number of aromatic nitrogens is 2. The average molecular weight is 403 g/mol. The smallest absolute Gasteiger partial charge is 0.228 e. The van der Waals surface area contributed by atoms with Gasteiger partial charge in [-0.15, -0.1) is 12.4 Å². The van der Waals surface area contributed by atoms with Crippen LogP contribution in [0.1, 0.15) is 49.3 Å². The van der Waals surface area contributed by atoms with Crippen molar-refractivity contribution in [1.29, 1.82) is 0 Å². The summed E-state index contributed by atoms with van der Waals surface area (Å²) in [5.41, 5.74) is 2.38. The van der Waals surface area contributed by atoms with E-state index in [0.717, 1.165) is 25.2 Å². The van der Waals surface area contributed by atoms with Gasteiger partial charge in [-0.2, -0.15) is 5.10 Å². The molecule has 0 radical (unpaired) electrons. The van der Waals surface area contributed by atoms with Crippen LogP contribution in [0, 0.1) is 11.8 Å². The number of aryl methyl sites for hydroxylation is 1. The molecule has 0 bridgehead atoms. The fourth-order valence-electron chi connectivity index (χ4n) is 4.44. The largest absolute Gasteiger partial charge is 0.335 e. The highest BCUT2D eigenvalue weighted by molar-refractivity contribution is 5.85. The molecule has 1 N–H and O–H groups in total. The van der Waals surface area contributed by atoms with Gasteiger partial charge in [-0.3, -0.25) is 9.48 Å². The molecule has 1 saturated heterocycles. The lowest BCUT2D eigenvalue weighted by atomic mass is 9.83. The van der Waals surface area contributed by atoms with E-state index in [0.29, 0.717) is 5.92 Å². The predicted molar refractivity (Wildman–Crippen MR) is 113 cm³/mol. The molecule has 5 nitrogen and oxygen atoms in total. The molecular formula is C22H31ClN4O. The summed E-state index contributed by atoms with van der Waals surface area (Å²) in [4.78, 5) is 15.8. The van der Waals surface area contributed by atoms with Gasteiger partial charge in [-0.25, -0.2) is 0 Å². The molecule has 1 aliphatic carbocycles. The highest BCUT2D eigenvalue weighted by Crippen LogP contribution is 2.35. The average Bonchev–Trinajstić information content (AvgIpc) is 3.29. The first kappa shape index (κ1) is 20.9. The summed E-state index contributed by atoms with van der Waals surface area (Å²) in [6.45, 7) is 4.65. The molecule has 0 spiro atoms. The van der Waals surface area contributed by atoms with Crippen molar-refractivity contribution in [1.82, 2.24) is 20.0 Å². The van der Waals surface area contributed by atoms with Crippen molar-refractivity contribution in [3.8, 4) is 0 Å². The Hall–Kier alpha value is -1.85. The Morgan fingerprint density at radius 1 is 1.29 bits per heavy atom. The molecule has 1 aromatic heterocycles. The number of carbonyl (C=O) groups excluding carboxylic acids is 1. The molecule has 2 fully saturated rings. The molecule has 1 aromatic carbocycles. The Morgan fingerprint density at radius 2 is 2.04 bits per heavy atom. The first-order chi connectivity index (χ1) is 13.1. The van der Waals surface area contributed by atoms with Gasteiger partial charge >= 0.3 is 0 Å². The van der Waals surface area contributed by atoms with Gasteiger partial charge in [0, 0.05) is 38.8 Å². The normalized spacial score (nSPS) is 22.9. The van der Waals surface area contributed by atoms with E-state index in [4.69, 9.17) is 0 Å². The fraction of sp³-hybridized carbons (Fsp3) is 0.545. The third-order valence-corrected chi connectivity index (χ3v) is 6.40. The summed E-state index contributed by atoms with van der Waals surface area (Å²) < 4.78 is 1.83. The quantitative estimate of drug-likeness (QED) is 0.804. The molecule has 3 atom stereocenters. The van der Waals surface area contributed by atoms with Gasteiger partial charge in [0.2, 0.25) is 5.91 Å². The molecule has 4 rings (SSSR count). The maximum atomic E-state index is 13.7. The lowest BCUT2D eigenvalue weighted by Crippen LogP contribution is -2.44. The third kappa shape index (κ3) is 4.26. The fourth-order valence-corrected chi connectivity index (χ4v) is 4.44. The summed E-state index contributed by atoms with van der Waals surface area (Å²) in [7, 11) is 1.93. The molecule has 2 aliphatic rings. The van der Waals surface area contributed by atoms with E-state index in [1.165, 1.54) is 24.8 Å². The molecule has 152 valence electrons. The van der Waals surface area contributed by atoms with Crippen LogP contribution in [0.2, 0.25) is 0 Å². The summed E-state index contributed by atoms with van der Waals surface area (Å²) in [5.74, 6) is 1.14. The van der Waals surface area contributed by atoms with Gasteiger partial charge in [0.1, 0.15) is 0 Å². The standard InChI is InChI=1S/C22H30N4O.ClH/c1-16(18-9-4-3-5-10-18)26(14-17-7-6-8-17)22(27)21-13-23-12-20(21)19-11-24-25(2)15-19;/h3-5,9-11,15-17,20-21,23H,6-8,12-14H2,1-2H3;1H/t16?,20-,21+;/m1./s1. The lowest BCUT2D eigenvalue weighted by molar-refractivity contribution is -0.138. The third-order valence-electron chi connectivity index (χ3n) is 6.40. The van der Waals surface area contributed by atoms with Gasteiger partial charge in [-0.05, 0) is 36.8 Å². The van der Waals surface area contributed by atoms with Gasteiger partial charge < -0.3 is 10.2 Å². The van der Waals surface area contributed by atoms with Crippen LogP contribution < -0.4 is 5.32 Å². The summed E-state index contributed by atoms with van der Waals surface area (Å²) in [5, 5.41) is 7.76. The zero-order valence-corrected chi connectivity index (χ0v) is 17.6. The number of rotatable bonds is 6. The zero-order chi connectivity index (χ0) is 18.8. The van der Waals surface area contributed by atoms with Crippen LogP contribution in [0.4, 0.5) is 0 Å². The van der Waals surface area contributed by atoms with Crippen LogP contribution in [0.5, 0.6) is 0 Å². The minimum Gasteiger partial charge on any atom is -0.335 e. The van der Waals surface area contributed by atoms with Crippen molar-refractivity contribution in [2.75, 3.05) is 19.6 Å². The first-order valence-corrected chi connectivity index (χ1v) is 10.2. The Labute approximate surface area is 173 Å². The van der Waals surface area contributed by atoms with E-state index < -0.39 is 0 Å². The summed E-state index contributed by atoms with van der Waals surface area (Å²) in [6.07, 6.45) is 7.76. The van der Waals surface area contributed by atoms with Crippen LogP contribution in [-0.2, 0) is 11.8 Å². The summed E-state index contributed by atoms with van der Waals surface area (Å²) in [6, 6.07) is 10.5. The molecule has 1 aliphatic heterocycles. The van der Waals surface area contributed by atoms with Gasteiger partial charge in [-0.1, -0.05) is 36.8 Å². The topological polar surface area (TPSA) is 50.2 Å². The number of benzene rings is 1. The maximum Gasteiger partial charge on any atom is 0.228 e. The number of carbonyl (C=O) groups is 1. The number of hydrogen-bond acceptors (Lipinski definition) is 3. The second-order valence-corrected chi connectivity index (χ2v) is 8.19. The SMILES string of the molecule is CC(c1ccccc1)N(CC1CCC1)C(=O)[C@H]1CNC[C@@H]1c1cnn(C)c1.Cl. The van der Waals surface area contributed by atoms with Crippen LogP contribution in [0.25, 0.3) is 0 Å². The van der Waals surface area contributed by atoms with E-state index in [2.05, 4.69) is 52.7 Å². The summed E-state index contributed by atoms with van der Waals surface area (Å²) >= 11 is 0. The van der Waals surface area contributed by atoms with Crippen LogP contribution in [0.3, 0.4) is 0 Å². The maximum absolute atomic E-state index is 13.7. The number of halogens is 1. The van der Waals surface area contributed by atoms with E-state index in [1.54, 1.807) is 0 Å². The van der Waals surface area contributed by atoms with Gasteiger partial charge in [0.25, 0.3) is 0 Å². The molecule has 1 unspecified atom stereocenters. The van der Waals surface area contributed by atoms with Gasteiger partial charge in [0.05, 0.1) is 18.2 Å². The predicted octanol–water partition coefficient (Wildman–Crippen LogP) is 3.53. The molecule has 1 amide bonds. The first-order valence-electron chi connectivity index (χ1n) is 10.2. The monoisotopic (exact) mass is 402 g/mol. The van der Waals surface area contributed by atoms with Crippen molar-refractivity contribution in [2.45, 2.75) is 38.1 Å². The van der Waals surface area contributed by atoms with Gasteiger partial charge in [0.15, 0.2) is 0 Å². The Bertz CT molecular complexity index is 774. The van der Waals surface area contributed by atoms with E-state index in [-0.39, 0.29) is 36.2 Å². The van der Waals surface area contributed by atoms with E-state index in [9.17, 15) is 4.79 Å². The Balaban J connectivity index is 0.00000225.